The van der Waals surface area contributed by atoms with Gasteiger partial charge in [0.25, 0.3) is 0 Å². The molecule has 2 nitrogen and oxygen atoms in total. The number of piperidine rings is 1. The third kappa shape index (κ3) is 4.78. The molecular formula is C14H24N2S. The smallest absolute Gasteiger partial charge is 0.0324 e. The topological polar surface area (TPSA) is 15.3 Å². The summed E-state index contributed by atoms with van der Waals surface area (Å²) >= 11 is 1.86. The normalized spacial score (nSPS) is 20.9. The SMILES string of the molecule is CN(CCCC1CCCCN1)Cc1cccs1. The van der Waals surface area contributed by atoms with Gasteiger partial charge in [-0.1, -0.05) is 12.5 Å². The number of nitrogens with one attached hydrogen (secondary N) is 1. The van der Waals surface area contributed by atoms with Crippen molar-refractivity contribution < 1.29 is 0 Å². The third-order valence-corrected chi connectivity index (χ3v) is 4.37. The Labute approximate surface area is 109 Å². The molecule has 1 atom stereocenters. The molecule has 2 heterocycles. The fourth-order valence-corrected chi connectivity index (χ4v) is 3.31. The van der Waals surface area contributed by atoms with Gasteiger partial charge in [-0.05, 0) is 57.3 Å². The van der Waals surface area contributed by atoms with Crippen LogP contribution in [-0.4, -0.2) is 31.1 Å². The van der Waals surface area contributed by atoms with Crippen molar-refractivity contribution in [3.05, 3.63) is 22.4 Å². The Balaban J connectivity index is 1.58. The lowest BCUT2D eigenvalue weighted by molar-refractivity contribution is 0.299. The molecule has 0 bridgehead atoms. The van der Waals surface area contributed by atoms with Gasteiger partial charge in [0.1, 0.15) is 0 Å². The molecule has 0 amide bonds. The van der Waals surface area contributed by atoms with Crippen LogP contribution in [0.25, 0.3) is 0 Å². The molecule has 1 N–H and O–H groups in total. The third-order valence-electron chi connectivity index (χ3n) is 3.51. The molecule has 1 aromatic heterocycles. The van der Waals surface area contributed by atoms with Crippen LogP contribution in [0.4, 0.5) is 0 Å². The maximum absolute atomic E-state index is 3.62. The van der Waals surface area contributed by atoms with E-state index in [4.69, 9.17) is 0 Å². The lowest BCUT2D eigenvalue weighted by Crippen LogP contribution is -2.34. The van der Waals surface area contributed by atoms with Crippen LogP contribution < -0.4 is 5.32 Å². The van der Waals surface area contributed by atoms with E-state index in [0.717, 1.165) is 12.6 Å². The zero-order valence-corrected chi connectivity index (χ0v) is 11.6. The minimum atomic E-state index is 0.791. The Bertz CT molecular complexity index is 291. The predicted molar refractivity (Wildman–Crippen MR) is 75.5 cm³/mol. The van der Waals surface area contributed by atoms with Gasteiger partial charge in [0.15, 0.2) is 0 Å². The van der Waals surface area contributed by atoms with Crippen LogP contribution in [0.2, 0.25) is 0 Å². The molecule has 1 saturated heterocycles. The van der Waals surface area contributed by atoms with Crippen molar-refractivity contribution in [1.82, 2.24) is 10.2 Å². The largest absolute Gasteiger partial charge is 0.314 e. The lowest BCUT2D eigenvalue weighted by Gasteiger charge is -2.24. The molecule has 2 rings (SSSR count). The molecule has 0 spiro atoms. The molecule has 1 aliphatic heterocycles. The summed E-state index contributed by atoms with van der Waals surface area (Å²) in [5.41, 5.74) is 0. The van der Waals surface area contributed by atoms with Gasteiger partial charge < -0.3 is 10.2 Å². The van der Waals surface area contributed by atoms with Crippen LogP contribution in [0.5, 0.6) is 0 Å². The van der Waals surface area contributed by atoms with E-state index in [1.807, 2.05) is 11.3 Å². The maximum Gasteiger partial charge on any atom is 0.0324 e. The van der Waals surface area contributed by atoms with E-state index < -0.39 is 0 Å². The molecule has 0 aliphatic carbocycles. The van der Waals surface area contributed by atoms with Gasteiger partial charge in [0.05, 0.1) is 0 Å². The van der Waals surface area contributed by atoms with Crippen molar-refractivity contribution in [3.63, 3.8) is 0 Å². The van der Waals surface area contributed by atoms with Crippen molar-refractivity contribution >= 4 is 11.3 Å². The molecule has 1 unspecified atom stereocenters. The van der Waals surface area contributed by atoms with E-state index in [1.165, 1.54) is 50.1 Å². The highest BCUT2D eigenvalue weighted by molar-refractivity contribution is 7.09. The van der Waals surface area contributed by atoms with Crippen molar-refractivity contribution in [1.29, 1.82) is 0 Å². The standard InChI is InChI=1S/C14H24N2S/c1-16(12-14-8-5-11-17-14)10-4-7-13-6-2-3-9-15-13/h5,8,11,13,15H,2-4,6-7,9-10,12H2,1H3. The summed E-state index contributed by atoms with van der Waals surface area (Å²) < 4.78 is 0. The number of hydrogen-bond acceptors (Lipinski definition) is 3. The number of nitrogens with zero attached hydrogens (tertiary/aromatic N) is 1. The van der Waals surface area contributed by atoms with Crippen LogP contribution in [0.1, 0.15) is 37.0 Å². The Kier molecular flexibility index (Phi) is 5.49. The lowest BCUT2D eigenvalue weighted by atomic mass is 10.0. The predicted octanol–water partition coefficient (Wildman–Crippen LogP) is 3.10. The highest BCUT2D eigenvalue weighted by atomic mass is 32.1. The fourth-order valence-electron chi connectivity index (χ4n) is 2.53. The number of hydrogen-bond donors (Lipinski definition) is 1. The molecule has 0 radical (unpaired) electrons. The molecule has 96 valence electrons. The highest BCUT2D eigenvalue weighted by Crippen LogP contribution is 2.14. The van der Waals surface area contributed by atoms with Crippen molar-refractivity contribution in [2.45, 2.75) is 44.7 Å². The van der Waals surface area contributed by atoms with Gasteiger partial charge in [-0.15, -0.1) is 11.3 Å². The van der Waals surface area contributed by atoms with Crippen molar-refractivity contribution in [3.8, 4) is 0 Å². The summed E-state index contributed by atoms with van der Waals surface area (Å²) in [5, 5.41) is 5.78. The molecule has 1 aromatic rings. The average Bonchev–Trinajstić information content (AvgIpc) is 2.83. The fraction of sp³-hybridized carbons (Fsp3) is 0.714. The van der Waals surface area contributed by atoms with Gasteiger partial charge >= 0.3 is 0 Å². The molecular weight excluding hydrogens is 228 g/mol. The first-order valence-electron chi connectivity index (χ1n) is 6.79. The average molecular weight is 252 g/mol. The van der Waals surface area contributed by atoms with Crippen LogP contribution in [0.15, 0.2) is 17.5 Å². The summed E-state index contributed by atoms with van der Waals surface area (Å²) in [4.78, 5) is 3.91. The Morgan fingerprint density at radius 3 is 3.12 bits per heavy atom. The van der Waals surface area contributed by atoms with Gasteiger partial charge in [-0.2, -0.15) is 0 Å². The van der Waals surface area contributed by atoms with Crippen molar-refractivity contribution in [2.24, 2.45) is 0 Å². The monoisotopic (exact) mass is 252 g/mol. The molecule has 1 fully saturated rings. The first-order valence-corrected chi connectivity index (χ1v) is 7.67. The number of rotatable bonds is 6. The molecule has 17 heavy (non-hydrogen) atoms. The van der Waals surface area contributed by atoms with Crippen molar-refractivity contribution in [2.75, 3.05) is 20.1 Å². The second kappa shape index (κ2) is 7.14. The molecule has 0 saturated carbocycles. The first-order chi connectivity index (χ1) is 8.34. The summed E-state index contributed by atoms with van der Waals surface area (Å²) in [6.45, 7) is 3.56. The van der Waals surface area contributed by atoms with E-state index in [0.29, 0.717) is 0 Å². The quantitative estimate of drug-likeness (QED) is 0.837. The Hall–Kier alpha value is -0.380. The van der Waals surface area contributed by atoms with E-state index in [2.05, 4.69) is 34.8 Å². The van der Waals surface area contributed by atoms with Crippen LogP contribution in [0, 0.1) is 0 Å². The van der Waals surface area contributed by atoms with Gasteiger partial charge in [0, 0.05) is 17.5 Å². The number of thiophene rings is 1. The van der Waals surface area contributed by atoms with Gasteiger partial charge in [-0.3, -0.25) is 0 Å². The van der Waals surface area contributed by atoms with E-state index in [1.54, 1.807) is 0 Å². The second-order valence-electron chi connectivity index (χ2n) is 5.11. The minimum Gasteiger partial charge on any atom is -0.314 e. The summed E-state index contributed by atoms with van der Waals surface area (Å²) in [6.07, 6.45) is 6.83. The van der Waals surface area contributed by atoms with E-state index in [9.17, 15) is 0 Å². The summed E-state index contributed by atoms with van der Waals surface area (Å²) in [5.74, 6) is 0. The molecule has 0 aromatic carbocycles. The zero-order valence-electron chi connectivity index (χ0n) is 10.8. The van der Waals surface area contributed by atoms with Crippen LogP contribution >= 0.6 is 11.3 Å². The second-order valence-corrected chi connectivity index (χ2v) is 6.14. The first kappa shape index (κ1) is 13.1. The van der Waals surface area contributed by atoms with E-state index in [-0.39, 0.29) is 0 Å². The molecule has 3 heteroatoms. The minimum absolute atomic E-state index is 0.791. The van der Waals surface area contributed by atoms with Crippen LogP contribution in [0.3, 0.4) is 0 Å². The van der Waals surface area contributed by atoms with E-state index >= 15 is 0 Å². The highest BCUT2D eigenvalue weighted by Gasteiger charge is 2.12. The summed E-state index contributed by atoms with van der Waals surface area (Å²) in [7, 11) is 2.23. The zero-order chi connectivity index (χ0) is 11.9. The summed E-state index contributed by atoms with van der Waals surface area (Å²) in [6, 6.07) is 5.16. The van der Waals surface area contributed by atoms with Gasteiger partial charge in [0.2, 0.25) is 0 Å². The Morgan fingerprint density at radius 2 is 2.41 bits per heavy atom. The molecule has 1 aliphatic rings. The maximum atomic E-state index is 3.62. The van der Waals surface area contributed by atoms with Gasteiger partial charge in [-0.25, -0.2) is 0 Å². The Morgan fingerprint density at radius 1 is 1.47 bits per heavy atom. The van der Waals surface area contributed by atoms with Crippen LogP contribution in [-0.2, 0) is 6.54 Å².